The van der Waals surface area contributed by atoms with E-state index in [1.165, 1.54) is 6.92 Å². The van der Waals surface area contributed by atoms with Crippen LogP contribution in [0.15, 0.2) is 24.3 Å². The Bertz CT molecular complexity index is 317. The molecular weight excluding hydrogens is 198 g/mol. The van der Waals surface area contributed by atoms with Gasteiger partial charge in [-0.3, -0.25) is 4.79 Å². The number of carbonyl (C=O) groups is 1. The molecule has 82 valence electrons. The number of ketones is 1. The van der Waals surface area contributed by atoms with Gasteiger partial charge in [0.25, 0.3) is 0 Å². The van der Waals surface area contributed by atoms with Crippen LogP contribution >= 0.6 is 0 Å². The molecule has 15 heavy (non-hydrogen) atoms. The van der Waals surface area contributed by atoms with Gasteiger partial charge in [-0.1, -0.05) is 24.3 Å². The smallest absolute Gasteiger partial charge is 0.238 e. The SMILES string of the molecule is CC(=O)c1ccc(CCCC(F)F)cc1. The van der Waals surface area contributed by atoms with Crippen LogP contribution in [0.5, 0.6) is 0 Å². The molecular formula is C12H14F2O. The Kier molecular flexibility index (Phi) is 4.40. The third-order valence-electron chi connectivity index (χ3n) is 2.25. The molecule has 3 heteroatoms. The lowest BCUT2D eigenvalue weighted by molar-refractivity contribution is 0.101. The van der Waals surface area contributed by atoms with Gasteiger partial charge in [-0.2, -0.15) is 0 Å². The number of aryl methyl sites for hydroxylation is 1. The molecule has 1 aromatic rings. The molecule has 0 aliphatic heterocycles. The molecule has 1 nitrogen and oxygen atoms in total. The van der Waals surface area contributed by atoms with Crippen molar-refractivity contribution < 1.29 is 13.6 Å². The van der Waals surface area contributed by atoms with Gasteiger partial charge < -0.3 is 0 Å². The lowest BCUT2D eigenvalue weighted by Gasteiger charge is -2.02. The van der Waals surface area contributed by atoms with E-state index in [1.807, 2.05) is 12.1 Å². The number of alkyl halides is 2. The van der Waals surface area contributed by atoms with Gasteiger partial charge in [0.1, 0.15) is 0 Å². The number of hydrogen-bond donors (Lipinski definition) is 0. The molecule has 0 atom stereocenters. The molecule has 1 aromatic carbocycles. The van der Waals surface area contributed by atoms with Gasteiger partial charge in [-0.05, 0) is 25.3 Å². The van der Waals surface area contributed by atoms with E-state index in [9.17, 15) is 13.6 Å². The van der Waals surface area contributed by atoms with E-state index < -0.39 is 6.43 Å². The van der Waals surface area contributed by atoms with E-state index in [4.69, 9.17) is 0 Å². The molecule has 0 spiro atoms. The highest BCUT2D eigenvalue weighted by Crippen LogP contribution is 2.11. The minimum atomic E-state index is -2.22. The standard InChI is InChI=1S/C12H14F2O/c1-9(15)11-7-5-10(6-8-11)3-2-4-12(13)14/h5-8,12H,2-4H2,1H3. The number of halogens is 2. The molecule has 0 saturated carbocycles. The van der Waals surface area contributed by atoms with E-state index in [0.717, 1.165) is 5.56 Å². The van der Waals surface area contributed by atoms with Gasteiger partial charge in [-0.25, -0.2) is 8.78 Å². The minimum Gasteiger partial charge on any atom is -0.295 e. The van der Waals surface area contributed by atoms with Crippen LogP contribution in [0.4, 0.5) is 8.78 Å². The van der Waals surface area contributed by atoms with E-state index in [2.05, 4.69) is 0 Å². The maximum Gasteiger partial charge on any atom is 0.238 e. The summed E-state index contributed by atoms with van der Waals surface area (Å²) in [7, 11) is 0. The summed E-state index contributed by atoms with van der Waals surface area (Å²) in [6, 6.07) is 7.12. The van der Waals surface area contributed by atoms with Crippen molar-refractivity contribution in [2.24, 2.45) is 0 Å². The third kappa shape index (κ3) is 4.19. The molecule has 0 unspecified atom stereocenters. The molecule has 0 heterocycles. The Morgan fingerprint density at radius 2 is 1.87 bits per heavy atom. The zero-order valence-corrected chi connectivity index (χ0v) is 8.67. The van der Waals surface area contributed by atoms with E-state index in [0.29, 0.717) is 18.4 Å². The zero-order valence-electron chi connectivity index (χ0n) is 8.67. The fourth-order valence-electron chi connectivity index (χ4n) is 1.37. The number of hydrogen-bond acceptors (Lipinski definition) is 1. The van der Waals surface area contributed by atoms with E-state index in [-0.39, 0.29) is 12.2 Å². The predicted octanol–water partition coefficient (Wildman–Crippen LogP) is 3.48. The first-order valence-corrected chi connectivity index (χ1v) is 4.97. The third-order valence-corrected chi connectivity index (χ3v) is 2.25. The van der Waals surface area contributed by atoms with Gasteiger partial charge >= 0.3 is 0 Å². The quantitative estimate of drug-likeness (QED) is 0.683. The Morgan fingerprint density at radius 3 is 2.33 bits per heavy atom. The second kappa shape index (κ2) is 5.59. The highest BCUT2D eigenvalue weighted by atomic mass is 19.3. The van der Waals surface area contributed by atoms with Crippen molar-refractivity contribution in [3.63, 3.8) is 0 Å². The normalized spacial score (nSPS) is 10.7. The summed E-state index contributed by atoms with van der Waals surface area (Å²) < 4.78 is 23.7. The average molecular weight is 212 g/mol. The summed E-state index contributed by atoms with van der Waals surface area (Å²) in [4.78, 5) is 11.0. The van der Waals surface area contributed by atoms with E-state index in [1.54, 1.807) is 12.1 Å². The summed E-state index contributed by atoms with van der Waals surface area (Å²) in [6.45, 7) is 1.51. The highest BCUT2D eigenvalue weighted by Gasteiger charge is 2.03. The molecule has 0 saturated heterocycles. The fraction of sp³-hybridized carbons (Fsp3) is 0.417. The van der Waals surface area contributed by atoms with Crippen LogP contribution in [0.1, 0.15) is 35.7 Å². The lowest BCUT2D eigenvalue weighted by Crippen LogP contribution is -1.95. The lowest BCUT2D eigenvalue weighted by atomic mass is 10.0. The van der Waals surface area contributed by atoms with Gasteiger partial charge in [0.05, 0.1) is 0 Å². The number of rotatable bonds is 5. The van der Waals surface area contributed by atoms with Crippen molar-refractivity contribution in [3.05, 3.63) is 35.4 Å². The zero-order chi connectivity index (χ0) is 11.3. The Balaban J connectivity index is 2.46. The molecule has 0 N–H and O–H groups in total. The van der Waals surface area contributed by atoms with Crippen LogP contribution in [0, 0.1) is 0 Å². The monoisotopic (exact) mass is 212 g/mol. The molecule has 1 rings (SSSR count). The van der Waals surface area contributed by atoms with Gasteiger partial charge in [0.2, 0.25) is 6.43 Å². The minimum absolute atomic E-state index is 0.0223. The van der Waals surface area contributed by atoms with Crippen molar-refractivity contribution in [3.8, 4) is 0 Å². The molecule has 0 aliphatic carbocycles. The summed E-state index contributed by atoms with van der Waals surface area (Å²) in [5.41, 5.74) is 1.66. The van der Waals surface area contributed by atoms with Crippen LogP contribution in [0.3, 0.4) is 0 Å². The first-order chi connectivity index (χ1) is 7.09. The van der Waals surface area contributed by atoms with Gasteiger partial charge in [0, 0.05) is 12.0 Å². The van der Waals surface area contributed by atoms with Crippen LogP contribution in [-0.2, 0) is 6.42 Å². The Hall–Kier alpha value is -1.25. The Labute approximate surface area is 88.1 Å². The average Bonchev–Trinajstić information content (AvgIpc) is 2.18. The van der Waals surface area contributed by atoms with Crippen LogP contribution in [0.25, 0.3) is 0 Å². The van der Waals surface area contributed by atoms with Crippen molar-refractivity contribution in [1.29, 1.82) is 0 Å². The molecule has 0 amide bonds. The van der Waals surface area contributed by atoms with Gasteiger partial charge in [-0.15, -0.1) is 0 Å². The fourth-order valence-corrected chi connectivity index (χ4v) is 1.37. The van der Waals surface area contributed by atoms with Crippen LogP contribution in [0.2, 0.25) is 0 Å². The second-order valence-corrected chi connectivity index (χ2v) is 3.54. The van der Waals surface area contributed by atoms with Crippen molar-refractivity contribution in [1.82, 2.24) is 0 Å². The van der Waals surface area contributed by atoms with Crippen molar-refractivity contribution in [2.75, 3.05) is 0 Å². The number of benzene rings is 1. The molecule has 0 fully saturated rings. The first-order valence-electron chi connectivity index (χ1n) is 4.97. The first kappa shape index (κ1) is 11.8. The number of Topliss-reactive ketones (excluding diaryl/α,β-unsaturated/α-hetero) is 1. The van der Waals surface area contributed by atoms with Gasteiger partial charge in [0.15, 0.2) is 5.78 Å². The molecule has 0 aliphatic rings. The van der Waals surface area contributed by atoms with Crippen LogP contribution in [-0.4, -0.2) is 12.2 Å². The maximum absolute atomic E-state index is 11.9. The molecule has 0 radical (unpaired) electrons. The summed E-state index contributed by atoms with van der Waals surface area (Å²) in [5.74, 6) is 0.0223. The van der Waals surface area contributed by atoms with Crippen LogP contribution < -0.4 is 0 Å². The molecule has 0 aromatic heterocycles. The highest BCUT2D eigenvalue weighted by molar-refractivity contribution is 5.93. The van der Waals surface area contributed by atoms with Crippen molar-refractivity contribution >= 4 is 5.78 Å². The van der Waals surface area contributed by atoms with Crippen molar-refractivity contribution in [2.45, 2.75) is 32.6 Å². The molecule has 0 bridgehead atoms. The predicted molar refractivity (Wildman–Crippen MR) is 55.4 cm³/mol. The number of carbonyl (C=O) groups excluding carboxylic acids is 1. The largest absolute Gasteiger partial charge is 0.295 e. The topological polar surface area (TPSA) is 17.1 Å². The summed E-state index contributed by atoms with van der Waals surface area (Å²) >= 11 is 0. The summed E-state index contributed by atoms with van der Waals surface area (Å²) in [5, 5.41) is 0. The summed E-state index contributed by atoms with van der Waals surface area (Å²) in [6.07, 6.45) is -1.16. The maximum atomic E-state index is 11.9. The van der Waals surface area contributed by atoms with E-state index >= 15 is 0 Å². The Morgan fingerprint density at radius 1 is 1.27 bits per heavy atom. The second-order valence-electron chi connectivity index (χ2n) is 3.54.